The van der Waals surface area contributed by atoms with Crippen LogP contribution in [0.5, 0.6) is 0 Å². The molecule has 29 heavy (non-hydrogen) atoms. The van der Waals surface area contributed by atoms with Crippen molar-refractivity contribution in [2.75, 3.05) is 24.6 Å². The van der Waals surface area contributed by atoms with Crippen molar-refractivity contribution < 1.29 is 9.69 Å². The van der Waals surface area contributed by atoms with Crippen LogP contribution in [0.1, 0.15) is 57.3 Å². The number of amides is 1. The number of quaternary nitrogens is 1. The Kier molecular flexibility index (Phi) is 7.58. The average molecular weight is 428 g/mol. The van der Waals surface area contributed by atoms with Crippen LogP contribution < -0.4 is 10.2 Å². The standard InChI is InChI=1S/C24H30N2OS2/c27-23(19-9-11-20(12-10-19)24-28-15-6-16-29-24)25-17-21-7-2-3-8-22(21)18-26-13-4-1-5-14-26/h2-3,7-12,24H,1,4-6,13-18H2,(H,25,27)/p+1. The fourth-order valence-electron chi connectivity index (χ4n) is 4.15. The molecule has 3 nitrogen and oxygen atoms in total. The van der Waals surface area contributed by atoms with Gasteiger partial charge < -0.3 is 10.2 Å². The van der Waals surface area contributed by atoms with Crippen LogP contribution in [-0.2, 0) is 13.1 Å². The van der Waals surface area contributed by atoms with Gasteiger partial charge in [-0.25, -0.2) is 0 Å². The highest BCUT2D eigenvalue weighted by molar-refractivity contribution is 8.16. The summed E-state index contributed by atoms with van der Waals surface area (Å²) in [7, 11) is 0. The molecule has 2 aromatic carbocycles. The topological polar surface area (TPSA) is 33.5 Å². The molecule has 0 radical (unpaired) electrons. The van der Waals surface area contributed by atoms with E-state index in [1.54, 1.807) is 4.90 Å². The van der Waals surface area contributed by atoms with Crippen LogP contribution in [0.25, 0.3) is 0 Å². The molecule has 5 heteroatoms. The number of hydrogen-bond donors (Lipinski definition) is 2. The largest absolute Gasteiger partial charge is 0.348 e. The summed E-state index contributed by atoms with van der Waals surface area (Å²) in [4.78, 5) is 14.4. The molecule has 0 aromatic heterocycles. The molecule has 0 unspecified atom stereocenters. The Morgan fingerprint density at radius 3 is 2.31 bits per heavy atom. The van der Waals surface area contributed by atoms with E-state index in [-0.39, 0.29) is 5.91 Å². The summed E-state index contributed by atoms with van der Waals surface area (Å²) in [5.74, 6) is 2.48. The molecule has 1 amide bonds. The molecule has 2 N–H and O–H groups in total. The second-order valence-electron chi connectivity index (χ2n) is 7.99. The van der Waals surface area contributed by atoms with Crippen LogP contribution in [-0.4, -0.2) is 30.5 Å². The van der Waals surface area contributed by atoms with Crippen molar-refractivity contribution in [3.63, 3.8) is 0 Å². The Balaban J connectivity index is 1.34. The quantitative estimate of drug-likeness (QED) is 0.730. The highest BCUT2D eigenvalue weighted by atomic mass is 32.2. The number of benzene rings is 2. The number of thioether (sulfide) groups is 2. The minimum Gasteiger partial charge on any atom is -0.348 e. The third-order valence-electron chi connectivity index (χ3n) is 5.83. The van der Waals surface area contributed by atoms with Crippen LogP contribution in [0.4, 0.5) is 0 Å². The van der Waals surface area contributed by atoms with E-state index in [0.717, 1.165) is 12.1 Å². The van der Waals surface area contributed by atoms with Gasteiger partial charge in [-0.15, -0.1) is 23.5 Å². The lowest BCUT2D eigenvalue weighted by atomic mass is 10.0. The maximum atomic E-state index is 12.7. The van der Waals surface area contributed by atoms with Crippen molar-refractivity contribution in [1.82, 2.24) is 5.32 Å². The van der Waals surface area contributed by atoms with Gasteiger partial charge in [0.15, 0.2) is 0 Å². The Morgan fingerprint density at radius 2 is 1.59 bits per heavy atom. The van der Waals surface area contributed by atoms with E-state index in [2.05, 4.69) is 41.7 Å². The van der Waals surface area contributed by atoms with Gasteiger partial charge in [0, 0.05) is 17.7 Å². The van der Waals surface area contributed by atoms with Gasteiger partial charge in [-0.1, -0.05) is 36.4 Å². The first-order chi connectivity index (χ1) is 14.3. The lowest BCUT2D eigenvalue weighted by Gasteiger charge is -2.24. The molecule has 2 fully saturated rings. The monoisotopic (exact) mass is 427 g/mol. The fourth-order valence-corrected chi connectivity index (χ4v) is 7.04. The number of carbonyl (C=O) groups excluding carboxylic acids is 1. The SMILES string of the molecule is O=C(NCc1ccccc1C[NH+]1CCCCC1)c1ccc(C2SCCCS2)cc1. The zero-order valence-corrected chi connectivity index (χ0v) is 18.6. The first-order valence-electron chi connectivity index (χ1n) is 10.8. The van der Waals surface area contributed by atoms with Crippen LogP contribution >= 0.6 is 23.5 Å². The third kappa shape index (κ3) is 5.80. The second-order valence-corrected chi connectivity index (χ2v) is 10.7. The van der Waals surface area contributed by atoms with Gasteiger partial charge in [-0.3, -0.25) is 4.79 Å². The van der Waals surface area contributed by atoms with Gasteiger partial charge in [0.2, 0.25) is 0 Å². The highest BCUT2D eigenvalue weighted by Gasteiger charge is 2.18. The van der Waals surface area contributed by atoms with Crippen molar-refractivity contribution in [3.05, 3.63) is 70.8 Å². The van der Waals surface area contributed by atoms with Crippen LogP contribution in [0.3, 0.4) is 0 Å². The van der Waals surface area contributed by atoms with E-state index in [9.17, 15) is 4.79 Å². The molecule has 0 atom stereocenters. The molecular weight excluding hydrogens is 396 g/mol. The van der Waals surface area contributed by atoms with Gasteiger partial charge in [0.1, 0.15) is 6.54 Å². The molecule has 4 rings (SSSR count). The molecule has 2 aliphatic heterocycles. The van der Waals surface area contributed by atoms with Crippen LogP contribution in [0, 0.1) is 0 Å². The number of piperidine rings is 1. The van der Waals surface area contributed by atoms with Gasteiger partial charge in [-0.05, 0) is 60.4 Å². The van der Waals surface area contributed by atoms with Crippen molar-refractivity contribution in [2.24, 2.45) is 0 Å². The van der Waals surface area contributed by atoms with Crippen molar-refractivity contribution in [2.45, 2.75) is 43.4 Å². The second kappa shape index (κ2) is 10.6. The predicted molar refractivity (Wildman–Crippen MR) is 125 cm³/mol. The average Bonchev–Trinajstić information content (AvgIpc) is 2.80. The maximum Gasteiger partial charge on any atom is 0.251 e. The summed E-state index contributed by atoms with van der Waals surface area (Å²) >= 11 is 4.03. The summed E-state index contributed by atoms with van der Waals surface area (Å²) in [6.07, 6.45) is 5.34. The summed E-state index contributed by atoms with van der Waals surface area (Å²) < 4.78 is 0.519. The van der Waals surface area contributed by atoms with E-state index in [1.807, 2.05) is 35.7 Å². The molecule has 2 heterocycles. The molecule has 0 bridgehead atoms. The number of likely N-dealkylation sites (tertiary alicyclic amines) is 1. The number of nitrogens with one attached hydrogen (secondary N) is 2. The summed E-state index contributed by atoms with van der Waals surface area (Å²) in [6.45, 7) is 4.20. The van der Waals surface area contributed by atoms with Gasteiger partial charge >= 0.3 is 0 Å². The van der Waals surface area contributed by atoms with Gasteiger partial charge in [0.05, 0.1) is 17.7 Å². The van der Waals surface area contributed by atoms with E-state index in [0.29, 0.717) is 11.1 Å². The van der Waals surface area contributed by atoms with Crippen molar-refractivity contribution >= 4 is 29.4 Å². The Hall–Kier alpha value is -1.43. The molecule has 2 saturated heterocycles. The smallest absolute Gasteiger partial charge is 0.251 e. The van der Waals surface area contributed by atoms with Crippen molar-refractivity contribution in [1.29, 1.82) is 0 Å². The lowest BCUT2D eigenvalue weighted by Crippen LogP contribution is -3.11. The molecule has 154 valence electrons. The van der Waals surface area contributed by atoms with Crippen LogP contribution in [0.2, 0.25) is 0 Å². The van der Waals surface area contributed by atoms with Gasteiger partial charge in [0.25, 0.3) is 5.91 Å². The molecular formula is C24H31N2OS2+. The molecule has 2 aliphatic rings. The Bertz CT molecular complexity index is 797. The number of hydrogen-bond acceptors (Lipinski definition) is 3. The third-order valence-corrected chi connectivity index (χ3v) is 8.85. The minimum atomic E-state index is 0.0145. The molecule has 2 aromatic rings. The first kappa shape index (κ1) is 20.8. The molecule has 0 saturated carbocycles. The normalized spacial score (nSPS) is 18.5. The van der Waals surface area contributed by atoms with Gasteiger partial charge in [-0.2, -0.15) is 0 Å². The van der Waals surface area contributed by atoms with E-state index < -0.39 is 0 Å². The Labute approximate surface area is 183 Å². The zero-order valence-electron chi connectivity index (χ0n) is 17.0. The molecule has 0 spiro atoms. The molecule has 0 aliphatic carbocycles. The van der Waals surface area contributed by atoms with Crippen molar-refractivity contribution in [3.8, 4) is 0 Å². The summed E-state index contributed by atoms with van der Waals surface area (Å²) in [5.41, 5.74) is 4.68. The lowest BCUT2D eigenvalue weighted by molar-refractivity contribution is -0.918. The van der Waals surface area contributed by atoms with E-state index in [4.69, 9.17) is 0 Å². The number of carbonyl (C=O) groups is 1. The zero-order chi connectivity index (χ0) is 19.9. The predicted octanol–water partition coefficient (Wildman–Crippen LogP) is 4.05. The highest BCUT2D eigenvalue weighted by Crippen LogP contribution is 2.43. The Morgan fingerprint density at radius 1 is 0.897 bits per heavy atom. The maximum absolute atomic E-state index is 12.7. The van der Waals surface area contributed by atoms with Crippen LogP contribution in [0.15, 0.2) is 48.5 Å². The summed E-state index contributed by atoms with van der Waals surface area (Å²) in [5, 5.41) is 3.13. The van der Waals surface area contributed by atoms with E-state index >= 15 is 0 Å². The fraction of sp³-hybridized carbons (Fsp3) is 0.458. The van der Waals surface area contributed by atoms with E-state index in [1.165, 1.54) is 67.0 Å². The first-order valence-corrected chi connectivity index (χ1v) is 12.9. The summed E-state index contributed by atoms with van der Waals surface area (Å²) in [6, 6.07) is 16.8. The number of rotatable bonds is 6. The minimum absolute atomic E-state index is 0.0145.